The Kier molecular flexibility index (Phi) is 7.19. The summed E-state index contributed by atoms with van der Waals surface area (Å²) < 4.78 is 5.80. The molecule has 1 amide bonds. The molecule has 0 aliphatic rings. The van der Waals surface area contributed by atoms with E-state index in [-0.39, 0.29) is 5.91 Å². The SMILES string of the molecule is Cc1ccc(SCC(=O)NCCOc2ccccc2C(C)C)cc1. The van der Waals surface area contributed by atoms with Crippen LogP contribution < -0.4 is 10.1 Å². The summed E-state index contributed by atoms with van der Waals surface area (Å²) in [7, 11) is 0. The molecule has 2 rings (SSSR count). The lowest BCUT2D eigenvalue weighted by Crippen LogP contribution is -2.29. The molecule has 4 heteroatoms. The van der Waals surface area contributed by atoms with E-state index in [2.05, 4.69) is 44.3 Å². The van der Waals surface area contributed by atoms with Gasteiger partial charge < -0.3 is 10.1 Å². The van der Waals surface area contributed by atoms with Gasteiger partial charge in [-0.25, -0.2) is 0 Å². The lowest BCUT2D eigenvalue weighted by Gasteiger charge is -2.14. The minimum absolute atomic E-state index is 0.0290. The maximum atomic E-state index is 11.9. The van der Waals surface area contributed by atoms with Crippen LogP contribution in [0.3, 0.4) is 0 Å². The van der Waals surface area contributed by atoms with Crippen molar-refractivity contribution < 1.29 is 9.53 Å². The molecule has 1 N–H and O–H groups in total. The number of ether oxygens (including phenoxy) is 1. The molecule has 0 aliphatic heterocycles. The number of rotatable bonds is 8. The molecule has 0 unspecified atom stereocenters. The van der Waals surface area contributed by atoms with Crippen LogP contribution >= 0.6 is 11.8 Å². The van der Waals surface area contributed by atoms with Gasteiger partial charge in [0.2, 0.25) is 5.91 Å². The lowest BCUT2D eigenvalue weighted by atomic mass is 10.0. The van der Waals surface area contributed by atoms with Gasteiger partial charge in [0.15, 0.2) is 0 Å². The number of hydrogen-bond donors (Lipinski definition) is 1. The van der Waals surface area contributed by atoms with Crippen molar-refractivity contribution in [2.24, 2.45) is 0 Å². The molecule has 128 valence electrons. The highest BCUT2D eigenvalue weighted by Gasteiger charge is 2.07. The van der Waals surface area contributed by atoms with E-state index in [1.807, 2.05) is 30.3 Å². The molecular weight excluding hydrogens is 318 g/mol. The maximum absolute atomic E-state index is 11.9. The standard InChI is InChI=1S/C20H25NO2S/c1-15(2)18-6-4-5-7-19(18)23-13-12-21-20(22)14-24-17-10-8-16(3)9-11-17/h4-11,15H,12-14H2,1-3H3,(H,21,22). The van der Waals surface area contributed by atoms with E-state index in [4.69, 9.17) is 4.74 Å². The third-order valence-corrected chi connectivity index (χ3v) is 4.63. The number of hydrogen-bond acceptors (Lipinski definition) is 3. The first-order valence-corrected chi connectivity index (χ1v) is 9.22. The van der Waals surface area contributed by atoms with Crippen molar-refractivity contribution in [2.75, 3.05) is 18.9 Å². The average molecular weight is 343 g/mol. The van der Waals surface area contributed by atoms with Crippen LogP contribution in [0.4, 0.5) is 0 Å². The Hall–Kier alpha value is -1.94. The molecule has 0 heterocycles. The van der Waals surface area contributed by atoms with E-state index in [0.29, 0.717) is 24.8 Å². The normalized spacial score (nSPS) is 10.7. The first kappa shape index (κ1) is 18.4. The quantitative estimate of drug-likeness (QED) is 0.570. The van der Waals surface area contributed by atoms with Crippen LogP contribution in [0, 0.1) is 6.92 Å². The predicted octanol–water partition coefficient (Wildman–Crippen LogP) is 4.41. The number of thioether (sulfide) groups is 1. The van der Waals surface area contributed by atoms with Crippen LogP contribution in [-0.2, 0) is 4.79 Å². The van der Waals surface area contributed by atoms with Crippen LogP contribution in [0.25, 0.3) is 0 Å². The Labute approximate surface area is 148 Å². The van der Waals surface area contributed by atoms with E-state index in [9.17, 15) is 4.79 Å². The third-order valence-electron chi connectivity index (χ3n) is 3.61. The Bertz CT molecular complexity index is 653. The molecule has 0 saturated heterocycles. The average Bonchev–Trinajstić information content (AvgIpc) is 2.58. The van der Waals surface area contributed by atoms with Gasteiger partial charge in [-0.3, -0.25) is 4.79 Å². The Morgan fingerprint density at radius 1 is 1.12 bits per heavy atom. The zero-order chi connectivity index (χ0) is 17.4. The van der Waals surface area contributed by atoms with Gasteiger partial charge in [-0.05, 0) is 36.6 Å². The van der Waals surface area contributed by atoms with Crippen molar-refractivity contribution >= 4 is 17.7 Å². The van der Waals surface area contributed by atoms with Gasteiger partial charge in [-0.15, -0.1) is 11.8 Å². The topological polar surface area (TPSA) is 38.3 Å². The molecule has 24 heavy (non-hydrogen) atoms. The zero-order valence-electron chi connectivity index (χ0n) is 14.5. The summed E-state index contributed by atoms with van der Waals surface area (Å²) in [5.74, 6) is 1.77. The zero-order valence-corrected chi connectivity index (χ0v) is 15.4. The lowest BCUT2D eigenvalue weighted by molar-refractivity contribution is -0.118. The van der Waals surface area contributed by atoms with Gasteiger partial charge in [0, 0.05) is 4.90 Å². The highest BCUT2D eigenvalue weighted by Crippen LogP contribution is 2.25. The summed E-state index contributed by atoms with van der Waals surface area (Å²) in [5, 5.41) is 2.90. The summed E-state index contributed by atoms with van der Waals surface area (Å²) in [4.78, 5) is 13.0. The second kappa shape index (κ2) is 9.38. The molecule has 0 radical (unpaired) electrons. The van der Waals surface area contributed by atoms with Crippen molar-refractivity contribution in [3.63, 3.8) is 0 Å². The summed E-state index contributed by atoms with van der Waals surface area (Å²) >= 11 is 1.55. The molecule has 0 aliphatic carbocycles. The Morgan fingerprint density at radius 2 is 1.83 bits per heavy atom. The van der Waals surface area contributed by atoms with E-state index >= 15 is 0 Å². The van der Waals surface area contributed by atoms with E-state index in [1.54, 1.807) is 11.8 Å². The molecular formula is C20H25NO2S. The maximum Gasteiger partial charge on any atom is 0.230 e. The van der Waals surface area contributed by atoms with Crippen molar-refractivity contribution in [1.82, 2.24) is 5.32 Å². The Balaban J connectivity index is 1.69. The van der Waals surface area contributed by atoms with Crippen molar-refractivity contribution in [2.45, 2.75) is 31.6 Å². The summed E-state index contributed by atoms with van der Waals surface area (Å²) in [6, 6.07) is 16.2. The van der Waals surface area contributed by atoms with E-state index in [1.165, 1.54) is 11.1 Å². The first-order chi connectivity index (χ1) is 11.6. The largest absolute Gasteiger partial charge is 0.491 e. The fourth-order valence-corrected chi connectivity index (χ4v) is 3.00. The van der Waals surface area contributed by atoms with E-state index < -0.39 is 0 Å². The van der Waals surface area contributed by atoms with Crippen molar-refractivity contribution in [3.05, 3.63) is 59.7 Å². The minimum atomic E-state index is 0.0290. The predicted molar refractivity (Wildman–Crippen MR) is 101 cm³/mol. The van der Waals surface area contributed by atoms with Gasteiger partial charge in [0.05, 0.1) is 12.3 Å². The summed E-state index contributed by atoms with van der Waals surface area (Å²) in [6.07, 6.45) is 0. The fourth-order valence-electron chi connectivity index (χ4n) is 2.27. The van der Waals surface area contributed by atoms with Crippen molar-refractivity contribution in [1.29, 1.82) is 0 Å². The molecule has 0 aromatic heterocycles. The summed E-state index contributed by atoms with van der Waals surface area (Å²) in [6.45, 7) is 7.33. The Morgan fingerprint density at radius 3 is 2.54 bits per heavy atom. The second-order valence-corrected chi connectivity index (χ2v) is 7.04. The molecule has 0 saturated carbocycles. The first-order valence-electron chi connectivity index (χ1n) is 8.24. The highest BCUT2D eigenvalue weighted by atomic mass is 32.2. The molecule has 2 aromatic rings. The molecule has 0 fully saturated rings. The van der Waals surface area contributed by atoms with Gasteiger partial charge in [0.25, 0.3) is 0 Å². The van der Waals surface area contributed by atoms with Crippen LogP contribution in [0.15, 0.2) is 53.4 Å². The number of amides is 1. The smallest absolute Gasteiger partial charge is 0.230 e. The molecule has 0 spiro atoms. The third kappa shape index (κ3) is 5.93. The number of benzene rings is 2. The summed E-state index contributed by atoms with van der Waals surface area (Å²) in [5.41, 5.74) is 2.42. The van der Waals surface area contributed by atoms with Gasteiger partial charge in [-0.1, -0.05) is 49.7 Å². The fraction of sp³-hybridized carbons (Fsp3) is 0.350. The van der Waals surface area contributed by atoms with Crippen LogP contribution in [0.1, 0.15) is 30.9 Å². The van der Waals surface area contributed by atoms with Gasteiger partial charge in [-0.2, -0.15) is 0 Å². The number of para-hydroxylation sites is 1. The molecule has 0 bridgehead atoms. The number of carbonyl (C=O) groups excluding carboxylic acids is 1. The van der Waals surface area contributed by atoms with Crippen LogP contribution in [0.5, 0.6) is 5.75 Å². The molecule has 2 aromatic carbocycles. The van der Waals surface area contributed by atoms with Gasteiger partial charge in [0.1, 0.15) is 12.4 Å². The highest BCUT2D eigenvalue weighted by molar-refractivity contribution is 8.00. The van der Waals surface area contributed by atoms with Crippen LogP contribution in [0.2, 0.25) is 0 Å². The minimum Gasteiger partial charge on any atom is -0.491 e. The molecule has 0 atom stereocenters. The van der Waals surface area contributed by atoms with E-state index in [0.717, 1.165) is 10.6 Å². The number of nitrogens with one attached hydrogen (secondary N) is 1. The monoisotopic (exact) mass is 343 g/mol. The van der Waals surface area contributed by atoms with Crippen molar-refractivity contribution in [3.8, 4) is 5.75 Å². The number of carbonyl (C=O) groups is 1. The number of aryl methyl sites for hydroxylation is 1. The van der Waals surface area contributed by atoms with Crippen LogP contribution in [-0.4, -0.2) is 24.8 Å². The second-order valence-electron chi connectivity index (χ2n) is 5.99. The molecule has 3 nitrogen and oxygen atoms in total. The van der Waals surface area contributed by atoms with Gasteiger partial charge >= 0.3 is 0 Å².